The van der Waals surface area contributed by atoms with E-state index in [0.29, 0.717) is 5.56 Å². The summed E-state index contributed by atoms with van der Waals surface area (Å²) in [5, 5.41) is 16.4. The van der Waals surface area contributed by atoms with Gasteiger partial charge < -0.3 is 5.11 Å². The molecule has 2 N–H and O–H groups in total. The summed E-state index contributed by atoms with van der Waals surface area (Å²) in [4.78, 5) is 10.8. The number of nitrogens with zero attached hydrogens (tertiary/aromatic N) is 1. The van der Waals surface area contributed by atoms with Crippen molar-refractivity contribution in [1.29, 1.82) is 0 Å². The third-order valence-corrected chi connectivity index (χ3v) is 2.11. The predicted octanol–water partition coefficient (Wildman–Crippen LogP) is 1.57. The van der Waals surface area contributed by atoms with Gasteiger partial charge in [-0.1, -0.05) is 6.07 Å². The highest BCUT2D eigenvalue weighted by molar-refractivity contribution is 5.96. The quantitative estimate of drug-likeness (QED) is 0.693. The van der Waals surface area contributed by atoms with E-state index in [1.165, 1.54) is 0 Å². The molecule has 0 aliphatic carbocycles. The maximum atomic E-state index is 10.8. The van der Waals surface area contributed by atoms with E-state index >= 15 is 0 Å². The Labute approximate surface area is 74.2 Å². The molecule has 13 heavy (non-hydrogen) atoms. The number of rotatable bonds is 1. The minimum atomic E-state index is -0.908. The lowest BCUT2D eigenvalue weighted by atomic mass is 10.1. The molecule has 0 atom stereocenters. The molecule has 1 heterocycles. The van der Waals surface area contributed by atoms with Crippen LogP contribution in [0.5, 0.6) is 0 Å². The van der Waals surface area contributed by atoms with Gasteiger partial charge in [0.1, 0.15) is 0 Å². The van der Waals surface area contributed by atoms with Crippen LogP contribution >= 0.6 is 0 Å². The second kappa shape index (κ2) is 2.58. The second-order valence-corrected chi connectivity index (χ2v) is 2.88. The molecule has 0 aliphatic heterocycles. The number of benzene rings is 1. The maximum Gasteiger partial charge on any atom is 0.336 e. The first-order chi connectivity index (χ1) is 6.20. The fourth-order valence-electron chi connectivity index (χ4n) is 1.39. The number of carboxylic acid groups (broad SMARTS) is 1. The van der Waals surface area contributed by atoms with Gasteiger partial charge in [-0.3, -0.25) is 5.10 Å². The standard InChI is InChI=1S/C9H8N2O2/c1-5-7(9(12)13)3-2-6-4-10-11-8(5)6/h2-4H,1H3,(H,10,11)(H,12,13). The van der Waals surface area contributed by atoms with E-state index in [0.717, 1.165) is 16.5 Å². The van der Waals surface area contributed by atoms with Crippen LogP contribution in [-0.2, 0) is 0 Å². The van der Waals surface area contributed by atoms with Crippen molar-refractivity contribution in [2.24, 2.45) is 0 Å². The average Bonchev–Trinajstić information content (AvgIpc) is 2.52. The molecule has 0 fully saturated rings. The van der Waals surface area contributed by atoms with Crippen LogP contribution in [0, 0.1) is 6.92 Å². The Bertz CT molecular complexity index is 473. The van der Waals surface area contributed by atoms with Crippen molar-refractivity contribution in [3.63, 3.8) is 0 Å². The highest BCUT2D eigenvalue weighted by Crippen LogP contribution is 2.18. The minimum Gasteiger partial charge on any atom is -0.478 e. The molecule has 0 unspecified atom stereocenters. The number of aryl methyl sites for hydroxylation is 1. The van der Waals surface area contributed by atoms with Crippen LogP contribution in [0.4, 0.5) is 0 Å². The topological polar surface area (TPSA) is 66.0 Å². The Kier molecular flexibility index (Phi) is 1.55. The first-order valence-corrected chi connectivity index (χ1v) is 3.86. The molecule has 4 nitrogen and oxygen atoms in total. The van der Waals surface area contributed by atoms with E-state index in [1.54, 1.807) is 25.3 Å². The molecule has 0 saturated heterocycles. The number of hydrogen-bond donors (Lipinski definition) is 2. The fraction of sp³-hybridized carbons (Fsp3) is 0.111. The summed E-state index contributed by atoms with van der Waals surface area (Å²) in [6, 6.07) is 3.34. The highest BCUT2D eigenvalue weighted by Gasteiger charge is 2.09. The lowest BCUT2D eigenvalue weighted by Gasteiger charge is -2.00. The van der Waals surface area contributed by atoms with Gasteiger partial charge in [0.25, 0.3) is 0 Å². The molecule has 4 heteroatoms. The van der Waals surface area contributed by atoms with Gasteiger partial charge in [-0.25, -0.2) is 4.79 Å². The molecule has 1 aromatic carbocycles. The molecule has 0 amide bonds. The number of carboxylic acids is 1. The molecule has 1 aromatic heterocycles. The lowest BCUT2D eigenvalue weighted by Crippen LogP contribution is -1.99. The number of aromatic carboxylic acids is 1. The Morgan fingerprint density at radius 2 is 2.31 bits per heavy atom. The summed E-state index contributed by atoms with van der Waals surface area (Å²) < 4.78 is 0. The average molecular weight is 176 g/mol. The van der Waals surface area contributed by atoms with Crippen molar-refractivity contribution < 1.29 is 9.90 Å². The zero-order valence-corrected chi connectivity index (χ0v) is 7.03. The molecule has 0 spiro atoms. The molecule has 2 rings (SSSR count). The Morgan fingerprint density at radius 3 is 3.00 bits per heavy atom. The van der Waals surface area contributed by atoms with Crippen LogP contribution in [0.2, 0.25) is 0 Å². The third kappa shape index (κ3) is 1.07. The summed E-state index contributed by atoms with van der Waals surface area (Å²) in [6.07, 6.45) is 1.67. The number of nitrogens with one attached hydrogen (secondary N) is 1. The zero-order valence-electron chi connectivity index (χ0n) is 7.03. The van der Waals surface area contributed by atoms with Crippen molar-refractivity contribution in [3.8, 4) is 0 Å². The van der Waals surface area contributed by atoms with Gasteiger partial charge in [-0.05, 0) is 18.6 Å². The minimum absolute atomic E-state index is 0.316. The number of hydrogen-bond acceptors (Lipinski definition) is 2. The zero-order chi connectivity index (χ0) is 9.42. The van der Waals surface area contributed by atoms with Gasteiger partial charge in [0, 0.05) is 5.39 Å². The fourth-order valence-corrected chi connectivity index (χ4v) is 1.39. The first kappa shape index (κ1) is 7.79. The summed E-state index contributed by atoms with van der Waals surface area (Å²) in [5.74, 6) is -0.908. The Morgan fingerprint density at radius 1 is 1.54 bits per heavy atom. The van der Waals surface area contributed by atoms with Gasteiger partial charge in [0.05, 0.1) is 17.3 Å². The summed E-state index contributed by atoms with van der Waals surface area (Å²) >= 11 is 0. The number of aromatic amines is 1. The third-order valence-electron chi connectivity index (χ3n) is 2.11. The van der Waals surface area contributed by atoms with Crippen LogP contribution in [0.3, 0.4) is 0 Å². The predicted molar refractivity (Wildman–Crippen MR) is 47.8 cm³/mol. The van der Waals surface area contributed by atoms with E-state index < -0.39 is 5.97 Å². The van der Waals surface area contributed by atoms with E-state index in [-0.39, 0.29) is 0 Å². The van der Waals surface area contributed by atoms with Crippen molar-refractivity contribution in [2.75, 3.05) is 0 Å². The smallest absolute Gasteiger partial charge is 0.336 e. The van der Waals surface area contributed by atoms with Crippen molar-refractivity contribution in [3.05, 3.63) is 29.5 Å². The first-order valence-electron chi connectivity index (χ1n) is 3.86. The van der Waals surface area contributed by atoms with Crippen LogP contribution in [0.15, 0.2) is 18.3 Å². The normalized spacial score (nSPS) is 10.5. The van der Waals surface area contributed by atoms with Gasteiger partial charge in [0.2, 0.25) is 0 Å². The largest absolute Gasteiger partial charge is 0.478 e. The molecule has 0 bridgehead atoms. The van der Waals surface area contributed by atoms with Crippen molar-refractivity contribution in [2.45, 2.75) is 6.92 Å². The molecular formula is C9H8N2O2. The molecule has 2 aromatic rings. The molecule has 0 saturated carbocycles. The number of aromatic nitrogens is 2. The van der Waals surface area contributed by atoms with E-state index in [9.17, 15) is 4.79 Å². The second-order valence-electron chi connectivity index (χ2n) is 2.88. The van der Waals surface area contributed by atoms with Gasteiger partial charge in [-0.2, -0.15) is 5.10 Å². The van der Waals surface area contributed by atoms with Crippen LogP contribution in [0.25, 0.3) is 10.9 Å². The van der Waals surface area contributed by atoms with E-state index in [2.05, 4.69) is 10.2 Å². The number of carbonyl (C=O) groups is 1. The summed E-state index contributed by atoms with van der Waals surface area (Å²) in [6.45, 7) is 1.77. The van der Waals surface area contributed by atoms with Gasteiger partial charge in [0.15, 0.2) is 0 Å². The van der Waals surface area contributed by atoms with E-state index in [4.69, 9.17) is 5.11 Å². The van der Waals surface area contributed by atoms with Gasteiger partial charge >= 0.3 is 5.97 Å². The molecule has 0 radical (unpaired) electrons. The molecule has 66 valence electrons. The van der Waals surface area contributed by atoms with Gasteiger partial charge in [-0.15, -0.1) is 0 Å². The van der Waals surface area contributed by atoms with Crippen LogP contribution in [-0.4, -0.2) is 21.3 Å². The van der Waals surface area contributed by atoms with Crippen LogP contribution < -0.4 is 0 Å². The molecule has 0 aliphatic rings. The number of fused-ring (bicyclic) bond motifs is 1. The molecular weight excluding hydrogens is 168 g/mol. The van der Waals surface area contributed by atoms with E-state index in [1.807, 2.05) is 0 Å². The highest BCUT2D eigenvalue weighted by atomic mass is 16.4. The lowest BCUT2D eigenvalue weighted by molar-refractivity contribution is 0.0696. The summed E-state index contributed by atoms with van der Waals surface area (Å²) in [5.41, 5.74) is 1.83. The van der Waals surface area contributed by atoms with Crippen molar-refractivity contribution in [1.82, 2.24) is 10.2 Å². The maximum absolute atomic E-state index is 10.8. The Balaban J connectivity index is 2.80. The van der Waals surface area contributed by atoms with Crippen molar-refractivity contribution >= 4 is 16.9 Å². The monoisotopic (exact) mass is 176 g/mol. The number of H-pyrrole nitrogens is 1. The Hall–Kier alpha value is -1.84. The SMILES string of the molecule is Cc1c(C(=O)O)ccc2cn[nH]c12. The summed E-state index contributed by atoms with van der Waals surface area (Å²) in [7, 11) is 0. The van der Waals surface area contributed by atoms with Crippen LogP contribution in [0.1, 0.15) is 15.9 Å².